The van der Waals surface area contributed by atoms with Gasteiger partial charge in [-0.05, 0) is 73.8 Å². The molecule has 0 spiro atoms. The molecule has 10 rings (SSSR count). The monoisotopic (exact) mass is 626 g/mol. The van der Waals surface area contributed by atoms with E-state index < -0.39 is 0 Å². The molecule has 0 aliphatic heterocycles. The van der Waals surface area contributed by atoms with Crippen LogP contribution in [0.1, 0.15) is 0 Å². The van der Waals surface area contributed by atoms with E-state index in [9.17, 15) is 0 Å². The van der Waals surface area contributed by atoms with Crippen molar-refractivity contribution in [2.24, 2.45) is 0 Å². The lowest BCUT2D eigenvalue weighted by atomic mass is 9.96. The van der Waals surface area contributed by atoms with Crippen LogP contribution < -0.4 is 0 Å². The van der Waals surface area contributed by atoms with Gasteiger partial charge in [0.1, 0.15) is 5.58 Å². The molecule has 0 unspecified atom stereocenters. The summed E-state index contributed by atoms with van der Waals surface area (Å²) >= 11 is 0. The van der Waals surface area contributed by atoms with Gasteiger partial charge in [0.2, 0.25) is 5.71 Å². The van der Waals surface area contributed by atoms with E-state index in [4.69, 9.17) is 19.4 Å². The molecule has 5 nitrogen and oxygen atoms in total. The second kappa shape index (κ2) is 10.9. The number of rotatable bonds is 4. The highest BCUT2D eigenvalue weighted by Crippen LogP contribution is 2.39. The van der Waals surface area contributed by atoms with E-state index >= 15 is 0 Å². The molecule has 7 aromatic carbocycles. The van der Waals surface area contributed by atoms with Crippen LogP contribution in [0.3, 0.4) is 0 Å². The summed E-state index contributed by atoms with van der Waals surface area (Å²) in [4.78, 5) is 19.7. The maximum absolute atomic E-state index is 6.27. The predicted octanol–water partition coefficient (Wildman–Crippen LogP) is 11.3. The topological polar surface area (TPSA) is 64.7 Å². The fourth-order valence-electron chi connectivity index (χ4n) is 6.94. The van der Waals surface area contributed by atoms with Crippen molar-refractivity contribution in [2.75, 3.05) is 0 Å². The molecule has 0 atom stereocenters. The van der Waals surface area contributed by atoms with E-state index in [0.29, 0.717) is 23.2 Å². The van der Waals surface area contributed by atoms with Crippen LogP contribution in [-0.2, 0) is 0 Å². The molecule has 0 amide bonds. The highest BCUT2D eigenvalue weighted by atomic mass is 16.3. The molecule has 0 fully saturated rings. The van der Waals surface area contributed by atoms with Gasteiger partial charge in [0.15, 0.2) is 17.5 Å². The fourth-order valence-corrected chi connectivity index (χ4v) is 6.94. The molecule has 0 aliphatic rings. The first-order chi connectivity index (χ1) is 24.2. The Morgan fingerprint density at radius 2 is 1.04 bits per heavy atom. The number of furan rings is 1. The summed E-state index contributed by atoms with van der Waals surface area (Å²) in [5.74, 6) is 1.91. The zero-order valence-corrected chi connectivity index (χ0v) is 26.2. The Kier molecular flexibility index (Phi) is 6.11. The Hall–Kier alpha value is -6.72. The molecule has 5 heteroatoms. The minimum atomic E-state index is 0.634. The number of aromatic nitrogens is 4. The van der Waals surface area contributed by atoms with Crippen molar-refractivity contribution in [3.8, 4) is 45.3 Å². The van der Waals surface area contributed by atoms with Crippen molar-refractivity contribution in [1.82, 2.24) is 19.9 Å². The maximum Gasteiger partial charge on any atom is 0.227 e. The molecule has 0 bridgehead atoms. The normalized spacial score (nSPS) is 11.7. The Balaban J connectivity index is 1.14. The predicted molar refractivity (Wildman–Crippen MR) is 199 cm³/mol. The maximum atomic E-state index is 6.27. The average Bonchev–Trinajstić information content (AvgIpc) is 3.54. The number of fused-ring (bicyclic) bond motifs is 6. The van der Waals surface area contributed by atoms with E-state index in [1.54, 1.807) is 0 Å². The van der Waals surface area contributed by atoms with Gasteiger partial charge in [-0.25, -0.2) is 19.9 Å². The summed E-state index contributed by atoms with van der Waals surface area (Å²) in [6, 6.07) is 52.4. The smallest absolute Gasteiger partial charge is 0.227 e. The molecule has 49 heavy (non-hydrogen) atoms. The van der Waals surface area contributed by atoms with Crippen molar-refractivity contribution in [3.63, 3.8) is 0 Å². The van der Waals surface area contributed by atoms with E-state index in [1.807, 2.05) is 42.6 Å². The molecule has 0 saturated heterocycles. The second-order valence-corrected chi connectivity index (χ2v) is 12.3. The highest BCUT2D eigenvalue weighted by Gasteiger charge is 2.17. The Morgan fingerprint density at radius 3 is 1.88 bits per heavy atom. The van der Waals surface area contributed by atoms with Gasteiger partial charge < -0.3 is 4.42 Å². The third-order valence-corrected chi connectivity index (χ3v) is 9.35. The van der Waals surface area contributed by atoms with Crippen molar-refractivity contribution in [3.05, 3.63) is 158 Å². The molecule has 228 valence electrons. The first kappa shape index (κ1) is 27.4. The van der Waals surface area contributed by atoms with E-state index in [0.717, 1.165) is 65.7 Å². The van der Waals surface area contributed by atoms with Gasteiger partial charge in [-0.3, -0.25) is 0 Å². The molecule has 3 heterocycles. The van der Waals surface area contributed by atoms with Gasteiger partial charge >= 0.3 is 0 Å². The first-order valence-electron chi connectivity index (χ1n) is 16.3. The number of benzene rings is 7. The second-order valence-electron chi connectivity index (χ2n) is 12.3. The zero-order valence-electron chi connectivity index (χ0n) is 26.2. The molecular formula is C44H26N4O. The van der Waals surface area contributed by atoms with Gasteiger partial charge in [0.05, 0.1) is 5.39 Å². The van der Waals surface area contributed by atoms with Crippen molar-refractivity contribution >= 4 is 54.4 Å². The first-order valence-corrected chi connectivity index (χ1v) is 16.3. The van der Waals surface area contributed by atoms with E-state index in [2.05, 4.69) is 120 Å². The van der Waals surface area contributed by atoms with Gasteiger partial charge in [-0.1, -0.05) is 121 Å². The van der Waals surface area contributed by atoms with Crippen LogP contribution in [-0.4, -0.2) is 19.9 Å². The summed E-state index contributed by atoms with van der Waals surface area (Å²) in [5.41, 5.74) is 6.48. The van der Waals surface area contributed by atoms with Crippen LogP contribution in [0.25, 0.3) is 99.7 Å². The highest BCUT2D eigenvalue weighted by molar-refractivity contribution is 6.15. The number of pyridine rings is 1. The number of hydrogen-bond acceptors (Lipinski definition) is 5. The molecule has 0 radical (unpaired) electrons. The third kappa shape index (κ3) is 4.63. The summed E-state index contributed by atoms with van der Waals surface area (Å²) < 4.78 is 6.27. The average molecular weight is 627 g/mol. The Labute approximate surface area is 281 Å². The van der Waals surface area contributed by atoms with Gasteiger partial charge in [0, 0.05) is 28.3 Å². The molecule has 10 aromatic rings. The van der Waals surface area contributed by atoms with Gasteiger partial charge in [0.25, 0.3) is 0 Å². The van der Waals surface area contributed by atoms with Crippen LogP contribution in [0.4, 0.5) is 0 Å². The lowest BCUT2D eigenvalue weighted by Gasteiger charge is -2.12. The lowest BCUT2D eigenvalue weighted by Crippen LogP contribution is -2.00. The standard InChI is InChI=1S/C44H26N4O/c1-2-10-28(11-3-1)41-46-42(34-18-17-27-9-4-5-12-29(27)23-34)48-43(47-41)37-16-8-15-32-24-33(19-20-35(32)37)36-21-22-45-44-40(36)38-25-30-13-6-7-14-31(30)26-39(38)49-44/h1-26H. The minimum absolute atomic E-state index is 0.634. The van der Waals surface area contributed by atoms with Gasteiger partial charge in [-0.15, -0.1) is 0 Å². The quantitative estimate of drug-likeness (QED) is 0.194. The molecule has 0 saturated carbocycles. The van der Waals surface area contributed by atoms with Crippen LogP contribution in [0.5, 0.6) is 0 Å². The summed E-state index contributed by atoms with van der Waals surface area (Å²) in [5, 5.41) is 8.87. The van der Waals surface area contributed by atoms with Crippen LogP contribution in [0.2, 0.25) is 0 Å². The van der Waals surface area contributed by atoms with Crippen LogP contribution >= 0.6 is 0 Å². The fraction of sp³-hybridized carbons (Fsp3) is 0. The zero-order chi connectivity index (χ0) is 32.3. The lowest BCUT2D eigenvalue weighted by molar-refractivity contribution is 0.654. The number of hydrogen-bond donors (Lipinski definition) is 0. The van der Waals surface area contributed by atoms with Crippen molar-refractivity contribution in [2.45, 2.75) is 0 Å². The molecule has 0 N–H and O–H groups in total. The van der Waals surface area contributed by atoms with Crippen molar-refractivity contribution < 1.29 is 4.42 Å². The van der Waals surface area contributed by atoms with E-state index in [-0.39, 0.29) is 0 Å². The van der Waals surface area contributed by atoms with E-state index in [1.165, 1.54) is 10.8 Å². The molecule has 3 aromatic heterocycles. The summed E-state index contributed by atoms with van der Waals surface area (Å²) in [6.45, 7) is 0. The van der Waals surface area contributed by atoms with Crippen molar-refractivity contribution in [1.29, 1.82) is 0 Å². The summed E-state index contributed by atoms with van der Waals surface area (Å²) in [6.07, 6.45) is 1.82. The summed E-state index contributed by atoms with van der Waals surface area (Å²) in [7, 11) is 0. The SMILES string of the molecule is c1ccc(-c2nc(-c3ccc4ccccc4c3)nc(-c3cccc4cc(-c5ccnc6oc7cc8ccccc8cc7c56)ccc34)n2)cc1. The third-order valence-electron chi connectivity index (χ3n) is 9.35. The van der Waals surface area contributed by atoms with Crippen LogP contribution in [0, 0.1) is 0 Å². The Bertz CT molecular complexity index is 2890. The van der Waals surface area contributed by atoms with Crippen LogP contribution in [0.15, 0.2) is 162 Å². The molecule has 0 aliphatic carbocycles. The largest absolute Gasteiger partial charge is 0.438 e. The molecular weight excluding hydrogens is 601 g/mol. The minimum Gasteiger partial charge on any atom is -0.438 e. The Morgan fingerprint density at radius 1 is 0.388 bits per heavy atom. The van der Waals surface area contributed by atoms with Gasteiger partial charge in [-0.2, -0.15) is 0 Å². The number of nitrogens with zero attached hydrogens (tertiary/aromatic N) is 4.